The van der Waals surface area contributed by atoms with E-state index >= 15 is 0 Å². The minimum absolute atomic E-state index is 0.0548. The van der Waals surface area contributed by atoms with Gasteiger partial charge in [0.15, 0.2) is 11.6 Å². The average Bonchev–Trinajstić information content (AvgIpc) is 3.39. The predicted molar refractivity (Wildman–Crippen MR) is 138 cm³/mol. The number of thiophene rings is 1. The molecule has 0 saturated carbocycles. The number of hydrogen-bond acceptors (Lipinski definition) is 5. The number of fused-ring (bicyclic) bond motifs is 1. The zero-order valence-corrected chi connectivity index (χ0v) is 21.6. The Morgan fingerprint density at radius 1 is 1.19 bits per heavy atom. The van der Waals surface area contributed by atoms with Crippen LogP contribution in [0.15, 0.2) is 60.0 Å². The molecular formula is C28H31FN2O4S. The standard InChI is InChI=1S/C28H31FN2O4S/c1-4-19(2)31(28(33)20-8-7-9-21(16-20)34-3)17-27(32)30-14-12-26-22(13-15-36-26)24(30)18-35-25-11-6-5-10-23(25)29/h5-11,13,15-16,19,24H,4,12,14,17-18H2,1-3H3/t19-,24+/m0/s1. The molecule has 1 aromatic heterocycles. The van der Waals surface area contributed by atoms with Crippen LogP contribution in [0.1, 0.15) is 47.1 Å². The highest BCUT2D eigenvalue weighted by Gasteiger charge is 2.34. The number of carbonyl (C=O) groups excluding carboxylic acids is 2. The van der Waals surface area contributed by atoms with Crippen molar-refractivity contribution in [1.29, 1.82) is 0 Å². The Hall–Kier alpha value is -3.39. The first kappa shape index (κ1) is 25.7. The van der Waals surface area contributed by atoms with Crippen LogP contribution in [0, 0.1) is 5.82 Å². The van der Waals surface area contributed by atoms with Crippen molar-refractivity contribution in [2.75, 3.05) is 26.8 Å². The number of nitrogens with zero attached hydrogens (tertiary/aromatic N) is 2. The van der Waals surface area contributed by atoms with Crippen LogP contribution in [0.4, 0.5) is 4.39 Å². The molecule has 4 rings (SSSR count). The van der Waals surface area contributed by atoms with Crippen molar-refractivity contribution in [3.63, 3.8) is 0 Å². The lowest BCUT2D eigenvalue weighted by Gasteiger charge is -2.38. The second-order valence-electron chi connectivity index (χ2n) is 8.82. The molecule has 0 N–H and O–H groups in total. The number of halogens is 1. The van der Waals surface area contributed by atoms with Crippen LogP contribution in [0.3, 0.4) is 0 Å². The first-order chi connectivity index (χ1) is 17.4. The van der Waals surface area contributed by atoms with E-state index in [9.17, 15) is 14.0 Å². The fourth-order valence-corrected chi connectivity index (χ4v) is 5.34. The van der Waals surface area contributed by atoms with E-state index in [2.05, 4.69) is 0 Å². The maximum absolute atomic E-state index is 14.2. The highest BCUT2D eigenvalue weighted by molar-refractivity contribution is 7.10. The van der Waals surface area contributed by atoms with Gasteiger partial charge < -0.3 is 19.3 Å². The van der Waals surface area contributed by atoms with Gasteiger partial charge in [-0.2, -0.15) is 0 Å². The summed E-state index contributed by atoms with van der Waals surface area (Å²) < 4.78 is 25.3. The number of para-hydroxylation sites is 1. The summed E-state index contributed by atoms with van der Waals surface area (Å²) in [5.74, 6) is -0.0811. The van der Waals surface area contributed by atoms with Gasteiger partial charge in [0.05, 0.1) is 13.2 Å². The number of rotatable bonds is 9. The summed E-state index contributed by atoms with van der Waals surface area (Å²) in [7, 11) is 1.55. The minimum Gasteiger partial charge on any atom is -0.497 e. The van der Waals surface area contributed by atoms with Gasteiger partial charge in [0.25, 0.3) is 5.91 Å². The minimum atomic E-state index is -0.441. The quantitative estimate of drug-likeness (QED) is 0.390. The van der Waals surface area contributed by atoms with Gasteiger partial charge in [0.2, 0.25) is 5.91 Å². The maximum Gasteiger partial charge on any atom is 0.254 e. The van der Waals surface area contributed by atoms with Crippen molar-refractivity contribution in [3.05, 3.63) is 81.8 Å². The zero-order chi connectivity index (χ0) is 25.7. The lowest BCUT2D eigenvalue weighted by atomic mass is 10.00. The summed E-state index contributed by atoms with van der Waals surface area (Å²) in [5, 5.41) is 2.01. The third-order valence-electron chi connectivity index (χ3n) is 6.65. The lowest BCUT2D eigenvalue weighted by Crippen LogP contribution is -2.49. The Morgan fingerprint density at radius 3 is 2.75 bits per heavy atom. The Labute approximate surface area is 215 Å². The highest BCUT2D eigenvalue weighted by Crippen LogP contribution is 2.34. The van der Waals surface area contributed by atoms with Crippen molar-refractivity contribution in [1.82, 2.24) is 9.80 Å². The summed E-state index contributed by atoms with van der Waals surface area (Å²) in [6, 6.07) is 14.7. The summed E-state index contributed by atoms with van der Waals surface area (Å²) in [4.78, 5) is 31.7. The largest absolute Gasteiger partial charge is 0.497 e. The van der Waals surface area contributed by atoms with Crippen LogP contribution in [0.25, 0.3) is 0 Å². The van der Waals surface area contributed by atoms with E-state index < -0.39 is 5.82 Å². The summed E-state index contributed by atoms with van der Waals surface area (Å²) in [6.45, 7) is 4.52. The fourth-order valence-electron chi connectivity index (χ4n) is 4.41. The zero-order valence-electron chi connectivity index (χ0n) is 20.8. The summed E-state index contributed by atoms with van der Waals surface area (Å²) in [5.41, 5.74) is 1.49. The molecule has 1 aliphatic heterocycles. The van der Waals surface area contributed by atoms with E-state index in [-0.39, 0.29) is 42.8 Å². The molecule has 0 fully saturated rings. The number of methoxy groups -OCH3 is 1. The average molecular weight is 511 g/mol. The van der Waals surface area contributed by atoms with Gasteiger partial charge in [-0.25, -0.2) is 4.39 Å². The van der Waals surface area contributed by atoms with Crippen LogP contribution in [0.5, 0.6) is 11.5 Å². The molecule has 2 amide bonds. The molecular weight excluding hydrogens is 479 g/mol. The van der Waals surface area contributed by atoms with Crippen molar-refractivity contribution in [3.8, 4) is 11.5 Å². The van der Waals surface area contributed by atoms with Crippen LogP contribution in [-0.2, 0) is 11.2 Å². The van der Waals surface area contributed by atoms with Gasteiger partial charge >= 0.3 is 0 Å². The van der Waals surface area contributed by atoms with E-state index in [0.717, 1.165) is 12.0 Å². The molecule has 2 aromatic carbocycles. The molecule has 2 heterocycles. The first-order valence-electron chi connectivity index (χ1n) is 12.1. The van der Waals surface area contributed by atoms with E-state index in [1.54, 1.807) is 70.7 Å². The molecule has 3 aromatic rings. The van der Waals surface area contributed by atoms with E-state index in [4.69, 9.17) is 9.47 Å². The van der Waals surface area contributed by atoms with Gasteiger partial charge in [-0.15, -0.1) is 11.3 Å². The van der Waals surface area contributed by atoms with E-state index in [0.29, 0.717) is 24.3 Å². The molecule has 0 saturated heterocycles. The van der Waals surface area contributed by atoms with Crippen molar-refractivity contribution in [2.24, 2.45) is 0 Å². The van der Waals surface area contributed by atoms with E-state index in [1.807, 2.05) is 25.3 Å². The topological polar surface area (TPSA) is 59.1 Å². The number of benzene rings is 2. The second kappa shape index (κ2) is 11.6. The number of ether oxygens (including phenoxy) is 2. The molecule has 1 aliphatic rings. The van der Waals surface area contributed by atoms with Gasteiger partial charge in [-0.3, -0.25) is 9.59 Å². The van der Waals surface area contributed by atoms with Gasteiger partial charge in [-0.05, 0) is 67.1 Å². The van der Waals surface area contributed by atoms with Gasteiger partial charge in [-0.1, -0.05) is 25.1 Å². The molecule has 6 nitrogen and oxygen atoms in total. The molecule has 0 aliphatic carbocycles. The van der Waals surface area contributed by atoms with Gasteiger partial charge in [0, 0.05) is 23.0 Å². The highest BCUT2D eigenvalue weighted by atomic mass is 32.1. The monoisotopic (exact) mass is 510 g/mol. The molecule has 2 atom stereocenters. The molecule has 36 heavy (non-hydrogen) atoms. The third-order valence-corrected chi connectivity index (χ3v) is 7.65. The van der Waals surface area contributed by atoms with E-state index in [1.165, 1.54) is 10.9 Å². The second-order valence-corrected chi connectivity index (χ2v) is 9.82. The molecule has 0 radical (unpaired) electrons. The fraction of sp³-hybridized carbons (Fsp3) is 0.357. The SMILES string of the molecule is CC[C@H](C)N(CC(=O)N1CCc2sccc2[C@H]1COc1ccccc1F)C(=O)c1cccc(OC)c1. The lowest BCUT2D eigenvalue weighted by molar-refractivity contribution is -0.136. The smallest absolute Gasteiger partial charge is 0.254 e. The Balaban J connectivity index is 1.56. The number of carbonyl (C=O) groups is 2. The Kier molecular flexibility index (Phi) is 8.25. The molecule has 0 unspecified atom stereocenters. The van der Waals surface area contributed by atoms with Gasteiger partial charge in [0.1, 0.15) is 18.9 Å². The van der Waals surface area contributed by atoms with Crippen LogP contribution in [-0.4, -0.2) is 54.5 Å². The number of amides is 2. The molecule has 8 heteroatoms. The Morgan fingerprint density at radius 2 is 2.00 bits per heavy atom. The van der Waals surface area contributed by atoms with Crippen molar-refractivity contribution < 1.29 is 23.5 Å². The third kappa shape index (κ3) is 5.54. The summed E-state index contributed by atoms with van der Waals surface area (Å²) >= 11 is 1.65. The Bertz CT molecular complexity index is 1210. The van der Waals surface area contributed by atoms with Crippen molar-refractivity contribution >= 4 is 23.2 Å². The predicted octanol–water partition coefficient (Wildman–Crippen LogP) is 5.34. The first-order valence-corrected chi connectivity index (χ1v) is 13.0. The molecule has 190 valence electrons. The summed E-state index contributed by atoms with van der Waals surface area (Å²) in [6.07, 6.45) is 1.44. The molecule has 0 bridgehead atoms. The van der Waals surface area contributed by atoms with Crippen LogP contribution < -0.4 is 9.47 Å². The normalized spacial score (nSPS) is 15.7. The van der Waals surface area contributed by atoms with Crippen molar-refractivity contribution in [2.45, 2.75) is 38.8 Å². The maximum atomic E-state index is 14.2. The number of hydrogen-bond donors (Lipinski definition) is 0. The molecule has 0 spiro atoms. The van der Waals surface area contributed by atoms with Crippen LogP contribution >= 0.6 is 11.3 Å². The van der Waals surface area contributed by atoms with Crippen LogP contribution in [0.2, 0.25) is 0 Å².